The van der Waals surface area contributed by atoms with Gasteiger partial charge in [0.05, 0.1) is 6.42 Å². The molecular weight excluding hydrogens is 306 g/mol. The fraction of sp³-hybridized carbons (Fsp3) is 0.571. The summed E-state index contributed by atoms with van der Waals surface area (Å²) < 4.78 is 26.5. The van der Waals surface area contributed by atoms with Gasteiger partial charge in [-0.1, -0.05) is 0 Å². The smallest absolute Gasteiger partial charge is 0.249 e. The third-order valence-corrected chi connectivity index (χ3v) is 6.13. The summed E-state index contributed by atoms with van der Waals surface area (Å²) in [6.07, 6.45) is 4.28. The van der Waals surface area contributed by atoms with Crippen molar-refractivity contribution in [2.45, 2.75) is 36.7 Å². The van der Waals surface area contributed by atoms with Crippen LogP contribution in [0.3, 0.4) is 0 Å². The first-order valence-electron chi connectivity index (χ1n) is 7.36. The molecule has 120 valence electrons. The quantitative estimate of drug-likeness (QED) is 0.821. The van der Waals surface area contributed by atoms with Gasteiger partial charge in [-0.05, 0) is 31.9 Å². The molecular formula is C14H19N3O4S. The number of carbonyl (C=O) groups excluding carboxylic acids is 1. The van der Waals surface area contributed by atoms with Crippen LogP contribution in [0.25, 0.3) is 0 Å². The van der Waals surface area contributed by atoms with Gasteiger partial charge in [0.15, 0.2) is 0 Å². The van der Waals surface area contributed by atoms with E-state index in [2.05, 4.69) is 4.98 Å². The molecule has 0 aliphatic carbocycles. The van der Waals surface area contributed by atoms with Crippen molar-refractivity contribution in [2.24, 2.45) is 0 Å². The minimum Gasteiger partial charge on any atom is -0.272 e. The van der Waals surface area contributed by atoms with Crippen LogP contribution in [0.2, 0.25) is 0 Å². The van der Waals surface area contributed by atoms with Gasteiger partial charge >= 0.3 is 0 Å². The van der Waals surface area contributed by atoms with Crippen molar-refractivity contribution < 1.29 is 18.0 Å². The van der Waals surface area contributed by atoms with E-state index >= 15 is 0 Å². The van der Waals surface area contributed by atoms with Crippen LogP contribution in [0, 0.1) is 0 Å². The highest BCUT2D eigenvalue weighted by Gasteiger charge is 2.47. The molecule has 2 aliphatic heterocycles. The monoisotopic (exact) mass is 325 g/mol. The maximum absolute atomic E-state index is 12.5. The zero-order chi connectivity index (χ0) is 15.8. The zero-order valence-electron chi connectivity index (χ0n) is 12.4. The summed E-state index contributed by atoms with van der Waals surface area (Å²) in [5.74, 6) is -0.0222. The minimum absolute atomic E-state index is 0.0222. The Labute approximate surface area is 129 Å². The molecule has 0 bridgehead atoms. The van der Waals surface area contributed by atoms with E-state index in [4.69, 9.17) is 4.84 Å². The van der Waals surface area contributed by atoms with E-state index in [9.17, 15) is 13.2 Å². The summed E-state index contributed by atoms with van der Waals surface area (Å²) in [4.78, 5) is 21.7. The molecule has 0 saturated carbocycles. The summed E-state index contributed by atoms with van der Waals surface area (Å²) in [6.45, 7) is 3.07. The number of hydrogen-bond acceptors (Lipinski definition) is 5. The number of aromatic nitrogens is 1. The van der Waals surface area contributed by atoms with E-state index < -0.39 is 15.6 Å². The molecule has 0 aromatic carbocycles. The van der Waals surface area contributed by atoms with Crippen LogP contribution in [-0.2, 0) is 19.7 Å². The number of rotatable bonds is 3. The number of amides is 1. The van der Waals surface area contributed by atoms with E-state index in [0.29, 0.717) is 38.9 Å². The first kappa shape index (κ1) is 15.4. The highest BCUT2D eigenvalue weighted by atomic mass is 32.2. The molecule has 1 amide bonds. The molecule has 22 heavy (non-hydrogen) atoms. The Kier molecular flexibility index (Phi) is 3.92. The number of carbonyl (C=O) groups is 1. The minimum atomic E-state index is -3.52. The van der Waals surface area contributed by atoms with Crippen LogP contribution in [0.1, 0.15) is 26.2 Å². The summed E-state index contributed by atoms with van der Waals surface area (Å²) >= 11 is 0. The van der Waals surface area contributed by atoms with Crippen molar-refractivity contribution in [1.29, 1.82) is 0 Å². The van der Waals surface area contributed by atoms with E-state index in [1.807, 2.05) is 6.92 Å². The maximum atomic E-state index is 12.5. The summed E-state index contributed by atoms with van der Waals surface area (Å²) in [5.41, 5.74) is -0.534. The Morgan fingerprint density at radius 3 is 2.64 bits per heavy atom. The Morgan fingerprint density at radius 1 is 1.36 bits per heavy atom. The highest BCUT2D eigenvalue weighted by molar-refractivity contribution is 7.89. The van der Waals surface area contributed by atoms with Crippen LogP contribution < -0.4 is 0 Å². The topological polar surface area (TPSA) is 79.8 Å². The lowest BCUT2D eigenvalue weighted by Gasteiger charge is -2.36. The molecule has 1 spiro atoms. The molecule has 0 atom stereocenters. The number of hydroxylamine groups is 2. The number of nitrogens with zero attached hydrogens (tertiary/aromatic N) is 3. The zero-order valence-corrected chi connectivity index (χ0v) is 13.3. The van der Waals surface area contributed by atoms with Gasteiger partial charge in [-0.15, -0.1) is 0 Å². The van der Waals surface area contributed by atoms with Crippen LogP contribution in [0.4, 0.5) is 0 Å². The van der Waals surface area contributed by atoms with Gasteiger partial charge in [0, 0.05) is 32.0 Å². The second-order valence-corrected chi connectivity index (χ2v) is 7.57. The van der Waals surface area contributed by atoms with E-state index in [0.717, 1.165) is 0 Å². The van der Waals surface area contributed by atoms with Crippen LogP contribution in [0.15, 0.2) is 29.4 Å². The average molecular weight is 325 g/mol. The molecule has 1 aromatic rings. The van der Waals surface area contributed by atoms with Gasteiger partial charge in [0.2, 0.25) is 15.9 Å². The second-order valence-electron chi connectivity index (χ2n) is 5.63. The lowest BCUT2D eigenvalue weighted by molar-refractivity contribution is -0.206. The largest absolute Gasteiger partial charge is 0.272 e. The molecule has 2 fully saturated rings. The van der Waals surface area contributed by atoms with Gasteiger partial charge in [-0.25, -0.2) is 13.5 Å². The van der Waals surface area contributed by atoms with Crippen molar-refractivity contribution in [3.8, 4) is 0 Å². The standard InChI is InChI=1S/C14H19N3O4S/c1-2-17-13(18)10-14(21-17)5-8-16(9-6-14)22(19,20)12-4-3-7-15-11-12/h3-4,7,11H,2,5-6,8-10H2,1H3. The molecule has 3 rings (SSSR count). The van der Waals surface area contributed by atoms with Crippen LogP contribution in [-0.4, -0.2) is 53.9 Å². The van der Waals surface area contributed by atoms with Gasteiger partial charge in [0.1, 0.15) is 10.5 Å². The van der Waals surface area contributed by atoms with Crippen molar-refractivity contribution in [3.05, 3.63) is 24.5 Å². The van der Waals surface area contributed by atoms with Crippen molar-refractivity contribution >= 4 is 15.9 Å². The van der Waals surface area contributed by atoms with E-state index in [1.165, 1.54) is 15.6 Å². The Hall–Kier alpha value is -1.51. The van der Waals surface area contributed by atoms with E-state index in [1.54, 1.807) is 18.3 Å². The predicted molar refractivity (Wildman–Crippen MR) is 78.0 cm³/mol. The third-order valence-electron chi connectivity index (χ3n) is 4.25. The van der Waals surface area contributed by atoms with Gasteiger partial charge in [-0.3, -0.25) is 14.6 Å². The lowest BCUT2D eigenvalue weighted by Crippen LogP contribution is -2.47. The Morgan fingerprint density at radius 2 is 2.09 bits per heavy atom. The SMILES string of the molecule is CCN1OC2(CCN(S(=O)(=O)c3cccnc3)CC2)CC1=O. The number of hydrogen-bond donors (Lipinski definition) is 0. The second kappa shape index (κ2) is 5.60. The molecule has 0 radical (unpaired) electrons. The first-order chi connectivity index (χ1) is 10.5. The van der Waals surface area contributed by atoms with E-state index in [-0.39, 0.29) is 10.8 Å². The third kappa shape index (κ3) is 2.62. The molecule has 3 heterocycles. The molecule has 0 N–H and O–H groups in total. The first-order valence-corrected chi connectivity index (χ1v) is 8.80. The van der Waals surface area contributed by atoms with Crippen LogP contribution >= 0.6 is 0 Å². The number of pyridine rings is 1. The summed E-state index contributed by atoms with van der Waals surface area (Å²) in [6, 6.07) is 3.15. The number of sulfonamides is 1. The Balaban J connectivity index is 1.71. The highest BCUT2D eigenvalue weighted by Crippen LogP contribution is 2.37. The molecule has 0 unspecified atom stereocenters. The fourth-order valence-corrected chi connectivity index (χ4v) is 4.38. The maximum Gasteiger partial charge on any atom is 0.249 e. The van der Waals surface area contributed by atoms with Gasteiger partial charge in [-0.2, -0.15) is 4.31 Å². The van der Waals surface area contributed by atoms with Gasteiger partial charge < -0.3 is 0 Å². The molecule has 2 aliphatic rings. The van der Waals surface area contributed by atoms with Crippen molar-refractivity contribution in [3.63, 3.8) is 0 Å². The van der Waals surface area contributed by atoms with Crippen molar-refractivity contribution in [2.75, 3.05) is 19.6 Å². The average Bonchev–Trinajstić information content (AvgIpc) is 2.84. The van der Waals surface area contributed by atoms with Gasteiger partial charge in [0.25, 0.3) is 0 Å². The lowest BCUT2D eigenvalue weighted by atomic mass is 9.89. The summed E-state index contributed by atoms with van der Waals surface area (Å²) in [5, 5.41) is 1.38. The Bertz CT molecular complexity index is 654. The molecule has 1 aromatic heterocycles. The predicted octanol–water partition coefficient (Wildman–Crippen LogP) is 0.789. The molecule has 8 heteroatoms. The normalized spacial score (nSPS) is 22.4. The molecule has 7 nitrogen and oxygen atoms in total. The van der Waals surface area contributed by atoms with Crippen molar-refractivity contribution in [1.82, 2.24) is 14.4 Å². The summed E-state index contributed by atoms with van der Waals surface area (Å²) in [7, 11) is -3.52. The fourth-order valence-electron chi connectivity index (χ4n) is 2.97. The molecule has 2 saturated heterocycles. The number of piperidine rings is 1. The van der Waals surface area contributed by atoms with Crippen LogP contribution in [0.5, 0.6) is 0 Å².